The van der Waals surface area contributed by atoms with Crippen LogP contribution >= 0.6 is 0 Å². The molecule has 0 fully saturated rings. The van der Waals surface area contributed by atoms with Crippen LogP contribution in [0.5, 0.6) is 5.75 Å². The molecule has 1 rings (SSSR count). The van der Waals surface area contributed by atoms with E-state index in [-0.39, 0.29) is 12.5 Å². The number of aryl methyl sites for hydroxylation is 1. The third-order valence-corrected chi connectivity index (χ3v) is 2.93. The summed E-state index contributed by atoms with van der Waals surface area (Å²) in [5.74, 6) is 0.907. The molecule has 0 aliphatic carbocycles. The van der Waals surface area contributed by atoms with Crippen molar-refractivity contribution in [3.8, 4) is 5.75 Å². The first-order valence-electron chi connectivity index (χ1n) is 6.75. The van der Waals surface area contributed by atoms with E-state index in [1.807, 2.05) is 38.1 Å². The van der Waals surface area contributed by atoms with Crippen molar-refractivity contribution in [2.75, 3.05) is 26.3 Å². The van der Waals surface area contributed by atoms with Gasteiger partial charge in [-0.2, -0.15) is 0 Å². The maximum absolute atomic E-state index is 11.8. The molecule has 1 aromatic carbocycles. The van der Waals surface area contributed by atoms with Gasteiger partial charge in [0.05, 0.1) is 13.2 Å². The summed E-state index contributed by atoms with van der Waals surface area (Å²) in [6.07, 6.45) is 1.15. The van der Waals surface area contributed by atoms with E-state index < -0.39 is 0 Å². The van der Waals surface area contributed by atoms with Crippen LogP contribution in [0.25, 0.3) is 0 Å². The number of amides is 1. The lowest BCUT2D eigenvalue weighted by Gasteiger charge is -2.19. The molecule has 1 aromatic rings. The largest absolute Gasteiger partial charge is 0.494 e. The number of benzene rings is 1. The summed E-state index contributed by atoms with van der Waals surface area (Å²) in [5.41, 5.74) is 1.20. The van der Waals surface area contributed by atoms with Gasteiger partial charge >= 0.3 is 0 Å². The number of rotatable bonds is 8. The molecule has 4 nitrogen and oxygen atoms in total. The van der Waals surface area contributed by atoms with Gasteiger partial charge in [0.15, 0.2) is 0 Å². The van der Waals surface area contributed by atoms with Crippen molar-refractivity contribution in [3.05, 3.63) is 29.8 Å². The fourth-order valence-corrected chi connectivity index (χ4v) is 1.79. The van der Waals surface area contributed by atoms with Gasteiger partial charge in [0.1, 0.15) is 5.75 Å². The number of carbonyl (C=O) groups is 1. The number of likely N-dealkylation sites (N-methyl/N-ethyl adjacent to an activating group) is 1. The topological polar surface area (TPSA) is 49.8 Å². The van der Waals surface area contributed by atoms with Crippen LogP contribution in [0.3, 0.4) is 0 Å². The number of carbonyl (C=O) groups excluding carboxylic acids is 1. The standard InChI is InChI=1S/C15H23NO3/c1-3-16(10-11-17)15(18)5-4-12-19-14-8-6-13(2)7-9-14/h6-9,17H,3-5,10-12H2,1-2H3. The molecule has 0 radical (unpaired) electrons. The second-order valence-electron chi connectivity index (χ2n) is 4.46. The molecule has 106 valence electrons. The van der Waals surface area contributed by atoms with Crippen LogP contribution in [0, 0.1) is 6.92 Å². The molecular weight excluding hydrogens is 242 g/mol. The van der Waals surface area contributed by atoms with E-state index in [0.717, 1.165) is 5.75 Å². The number of nitrogens with zero attached hydrogens (tertiary/aromatic N) is 1. The van der Waals surface area contributed by atoms with Crippen molar-refractivity contribution in [1.29, 1.82) is 0 Å². The SMILES string of the molecule is CCN(CCO)C(=O)CCCOc1ccc(C)cc1. The third kappa shape index (κ3) is 5.75. The van der Waals surface area contributed by atoms with E-state index in [1.165, 1.54) is 5.56 Å². The van der Waals surface area contributed by atoms with Gasteiger partial charge in [-0.15, -0.1) is 0 Å². The first-order valence-corrected chi connectivity index (χ1v) is 6.75. The molecule has 1 amide bonds. The average molecular weight is 265 g/mol. The van der Waals surface area contributed by atoms with Crippen LogP contribution in [0.2, 0.25) is 0 Å². The smallest absolute Gasteiger partial charge is 0.222 e. The Morgan fingerprint density at radius 1 is 1.32 bits per heavy atom. The maximum atomic E-state index is 11.8. The molecule has 0 saturated carbocycles. The van der Waals surface area contributed by atoms with E-state index >= 15 is 0 Å². The Labute approximate surface area is 115 Å². The van der Waals surface area contributed by atoms with Gasteiger partial charge in [-0.25, -0.2) is 0 Å². The van der Waals surface area contributed by atoms with E-state index in [1.54, 1.807) is 4.90 Å². The van der Waals surface area contributed by atoms with Gasteiger partial charge in [0.2, 0.25) is 5.91 Å². The molecule has 0 heterocycles. The highest BCUT2D eigenvalue weighted by Crippen LogP contribution is 2.12. The average Bonchev–Trinajstić information content (AvgIpc) is 2.42. The molecule has 4 heteroatoms. The molecule has 0 atom stereocenters. The van der Waals surface area contributed by atoms with Gasteiger partial charge < -0.3 is 14.7 Å². The zero-order valence-electron chi connectivity index (χ0n) is 11.8. The Kier molecular flexibility index (Phi) is 6.97. The summed E-state index contributed by atoms with van der Waals surface area (Å²) < 4.78 is 5.56. The van der Waals surface area contributed by atoms with Gasteiger partial charge in [0.25, 0.3) is 0 Å². The highest BCUT2D eigenvalue weighted by molar-refractivity contribution is 5.76. The van der Waals surface area contributed by atoms with Gasteiger partial charge in [-0.1, -0.05) is 17.7 Å². The Morgan fingerprint density at radius 2 is 2.00 bits per heavy atom. The van der Waals surface area contributed by atoms with Gasteiger partial charge in [-0.3, -0.25) is 4.79 Å². The second kappa shape index (κ2) is 8.53. The number of aliphatic hydroxyl groups is 1. The molecule has 0 spiro atoms. The molecule has 0 bridgehead atoms. The summed E-state index contributed by atoms with van der Waals surface area (Å²) in [4.78, 5) is 13.4. The predicted octanol–water partition coefficient (Wildman–Crippen LogP) is 1.99. The number of hydrogen-bond donors (Lipinski definition) is 1. The normalized spacial score (nSPS) is 10.3. The van der Waals surface area contributed by atoms with Crippen molar-refractivity contribution >= 4 is 5.91 Å². The molecule has 0 aliphatic heterocycles. The third-order valence-electron chi connectivity index (χ3n) is 2.93. The lowest BCUT2D eigenvalue weighted by Crippen LogP contribution is -2.33. The Bertz CT molecular complexity index is 375. The molecule has 1 N–H and O–H groups in total. The van der Waals surface area contributed by atoms with Crippen molar-refractivity contribution in [2.45, 2.75) is 26.7 Å². The van der Waals surface area contributed by atoms with E-state index in [4.69, 9.17) is 9.84 Å². The fraction of sp³-hybridized carbons (Fsp3) is 0.533. The molecule has 0 saturated heterocycles. The van der Waals surface area contributed by atoms with Crippen LogP contribution in [-0.4, -0.2) is 42.2 Å². The van der Waals surface area contributed by atoms with Gasteiger partial charge in [-0.05, 0) is 32.4 Å². The quantitative estimate of drug-likeness (QED) is 0.731. The van der Waals surface area contributed by atoms with Crippen LogP contribution in [-0.2, 0) is 4.79 Å². The van der Waals surface area contributed by atoms with Crippen molar-refractivity contribution in [3.63, 3.8) is 0 Å². The highest BCUT2D eigenvalue weighted by Gasteiger charge is 2.10. The minimum absolute atomic E-state index is 0.0133. The molecule has 19 heavy (non-hydrogen) atoms. The first-order chi connectivity index (χ1) is 9.17. The fourth-order valence-electron chi connectivity index (χ4n) is 1.79. The number of aliphatic hydroxyl groups excluding tert-OH is 1. The van der Waals surface area contributed by atoms with Crippen LogP contribution in [0.15, 0.2) is 24.3 Å². The van der Waals surface area contributed by atoms with Crippen LogP contribution in [0.1, 0.15) is 25.3 Å². The van der Waals surface area contributed by atoms with E-state index in [2.05, 4.69) is 0 Å². The second-order valence-corrected chi connectivity index (χ2v) is 4.46. The molecular formula is C15H23NO3. The van der Waals surface area contributed by atoms with Crippen molar-refractivity contribution < 1.29 is 14.6 Å². The zero-order chi connectivity index (χ0) is 14.1. The monoisotopic (exact) mass is 265 g/mol. The highest BCUT2D eigenvalue weighted by atomic mass is 16.5. The maximum Gasteiger partial charge on any atom is 0.222 e. The lowest BCUT2D eigenvalue weighted by atomic mass is 10.2. The zero-order valence-corrected chi connectivity index (χ0v) is 11.8. The molecule has 0 aromatic heterocycles. The molecule has 0 aliphatic rings. The lowest BCUT2D eigenvalue weighted by molar-refractivity contribution is -0.131. The summed E-state index contributed by atoms with van der Waals surface area (Å²) >= 11 is 0. The minimum Gasteiger partial charge on any atom is -0.494 e. The number of hydrogen-bond acceptors (Lipinski definition) is 3. The van der Waals surface area contributed by atoms with E-state index in [9.17, 15) is 4.79 Å². The minimum atomic E-state index is 0.0133. The van der Waals surface area contributed by atoms with Crippen LogP contribution < -0.4 is 4.74 Å². The van der Waals surface area contributed by atoms with Gasteiger partial charge in [0, 0.05) is 19.5 Å². The first kappa shape index (κ1) is 15.5. The Balaban J connectivity index is 2.23. The molecule has 0 unspecified atom stereocenters. The summed E-state index contributed by atoms with van der Waals surface area (Å²) in [5, 5.41) is 8.84. The predicted molar refractivity (Wildman–Crippen MR) is 75.2 cm³/mol. The Morgan fingerprint density at radius 3 is 2.58 bits per heavy atom. The van der Waals surface area contributed by atoms with Crippen molar-refractivity contribution in [1.82, 2.24) is 4.90 Å². The Hall–Kier alpha value is -1.55. The summed E-state index contributed by atoms with van der Waals surface area (Å²) in [6.45, 7) is 5.54. The summed E-state index contributed by atoms with van der Waals surface area (Å²) in [6, 6.07) is 7.86. The summed E-state index contributed by atoms with van der Waals surface area (Å²) in [7, 11) is 0. The van der Waals surface area contributed by atoms with Crippen LogP contribution in [0.4, 0.5) is 0 Å². The number of ether oxygens (including phenoxy) is 1. The van der Waals surface area contributed by atoms with Crippen molar-refractivity contribution in [2.24, 2.45) is 0 Å². The van der Waals surface area contributed by atoms with E-state index in [0.29, 0.717) is 32.5 Å².